The third-order valence-corrected chi connectivity index (χ3v) is 23.5. The summed E-state index contributed by atoms with van der Waals surface area (Å²) < 4.78 is 28.0. The van der Waals surface area contributed by atoms with Crippen molar-refractivity contribution >= 4 is 175 Å². The highest BCUT2D eigenvalue weighted by Crippen LogP contribution is 2.43. The summed E-state index contributed by atoms with van der Waals surface area (Å²) in [7, 11) is 11.4. The number of rotatable bonds is 28. The molecule has 17 aromatic rings. The number of aryl methyl sites for hydroxylation is 6. The van der Waals surface area contributed by atoms with E-state index in [-0.39, 0.29) is 35.3 Å². The Morgan fingerprint density at radius 3 is 1.13 bits per heavy atom. The lowest BCUT2D eigenvalue weighted by molar-refractivity contribution is 0.0955. The van der Waals surface area contributed by atoms with Crippen LogP contribution in [-0.4, -0.2) is 146 Å². The lowest BCUT2D eigenvalue weighted by Gasteiger charge is -2.15. The van der Waals surface area contributed by atoms with Crippen LogP contribution in [0.1, 0.15) is 93.8 Å². The Kier molecular flexibility index (Phi) is 31.7. The van der Waals surface area contributed by atoms with Gasteiger partial charge in [-0.1, -0.05) is 137 Å². The molecule has 0 radical (unpaired) electrons. The standard InChI is InChI=1S/C29H26ClN7O2.C25H23ClFN7O.C24H24ClN7O2.C23H21Cl2N7O/c1-17-13-24(25(39-3)14-21(17)18-9-11-20(12-10-18)28(38)31-2)33-29-32-16-22(30)27(35-29)34-26-15-23(36-37-26)19-7-5-4-6-8-19;1-13-9-21(19(27)10-17(13)14-3-7-16(8-4-14)24(35)28-2)30-25-29-12-18(26)23(32-25)31-22-11-20(33-34-22)15-5-6-15;1-14-11-19(20(34-4)12-17(14)15-5-7-16(8-6-15)23(33)26-2)28-24-27-13-18(25)22(30-24)29-21-9-10-32(3)31-21;1-12-8-16(14-4-6-15(7-5-14)22(33)26-3)17(24)10-19(12)28-23-27-11-18(25)21(30-23)29-20-9-13(2)31-32-20/h4-16H,1-3H3,(H,31,38)(H3,32,33,34,35,36,37);3-4,7-12,15H,5-6H2,1-2H3,(H,28,35)(H3,29,30,31,32,33,34);5-13H,1-4H3,(H,26,33)(H2,27,28,29,30,31);4-11H,1-3H3,(H,26,33)(H3,27,28,29,30,31,32). The van der Waals surface area contributed by atoms with Crippen molar-refractivity contribution in [2.24, 2.45) is 7.05 Å². The lowest BCUT2D eigenvalue weighted by atomic mass is 9.98. The highest BCUT2D eigenvalue weighted by Gasteiger charge is 2.27. The van der Waals surface area contributed by atoms with Crippen LogP contribution in [0.25, 0.3) is 55.8 Å². The number of carbonyl (C=O) groups excluding carboxylic acids is 4. The van der Waals surface area contributed by atoms with Gasteiger partial charge in [0.2, 0.25) is 23.8 Å². The van der Waals surface area contributed by atoms with E-state index in [1.165, 1.54) is 30.9 Å². The van der Waals surface area contributed by atoms with Crippen molar-refractivity contribution in [2.75, 3.05) is 84.9 Å². The number of benzene rings is 9. The van der Waals surface area contributed by atoms with Crippen molar-refractivity contribution in [2.45, 2.75) is 53.4 Å². The number of aromatic nitrogens is 16. The summed E-state index contributed by atoms with van der Waals surface area (Å²) in [6.07, 6.45) is 10.1. The molecule has 0 aliphatic heterocycles. The molecule has 9 aromatic carbocycles. The molecule has 8 aromatic heterocycles. The predicted molar refractivity (Wildman–Crippen MR) is 554 cm³/mol. The van der Waals surface area contributed by atoms with E-state index in [4.69, 9.17) is 67.5 Å². The van der Waals surface area contributed by atoms with Crippen molar-refractivity contribution in [1.82, 2.24) is 102 Å². The SMILES string of the molecule is CNC(=O)c1ccc(-c2cc(C)c(Nc3ncc(Cl)c(Nc4cc(C)[nH]n4)n3)cc2Cl)cc1.CNC(=O)c1ccc(-c2cc(F)c(Nc3ncc(Cl)c(Nc4cc(C5CC5)[nH]n4)n3)cc2C)cc1.CNC(=O)c1ccc(-c2cc(OC)c(Nc3ncc(Cl)c(Nc4cc(-c5ccccc5)[nH]n4)n3)cc2C)cc1.CNC(=O)c1ccc(-c2cc(OC)c(Nc3ncc(Cl)c(Nc4ccn(C)n4)n3)cc2C)cc1. The first-order valence-electron chi connectivity index (χ1n) is 43.8. The molecule has 0 atom stereocenters. The van der Waals surface area contributed by atoms with Crippen molar-refractivity contribution < 1.29 is 33.0 Å². The molecule has 40 heteroatoms. The zero-order valence-corrected chi connectivity index (χ0v) is 81.7. The van der Waals surface area contributed by atoms with E-state index in [1.54, 1.807) is 114 Å². The molecule has 4 amide bonds. The highest BCUT2D eigenvalue weighted by atomic mass is 35.5. The molecule has 141 heavy (non-hydrogen) atoms. The van der Waals surface area contributed by atoms with E-state index in [9.17, 15) is 19.2 Å². The largest absolute Gasteiger partial charge is 0.495 e. The van der Waals surface area contributed by atoms with Crippen LogP contribution in [-0.2, 0) is 7.05 Å². The summed E-state index contributed by atoms with van der Waals surface area (Å²) in [6.45, 7) is 9.76. The van der Waals surface area contributed by atoms with Crippen LogP contribution in [0, 0.1) is 40.4 Å². The molecule has 0 saturated heterocycles. The minimum atomic E-state index is -0.463. The molecule has 1 aliphatic carbocycles. The van der Waals surface area contributed by atoms with Gasteiger partial charge in [0.05, 0.1) is 66.8 Å². The van der Waals surface area contributed by atoms with Gasteiger partial charge in [0, 0.05) is 117 Å². The first kappa shape index (κ1) is 98.9. The number of amides is 4. The maximum absolute atomic E-state index is 15.0. The van der Waals surface area contributed by atoms with Crippen molar-refractivity contribution in [3.63, 3.8) is 0 Å². The van der Waals surface area contributed by atoms with Crippen LogP contribution in [0.3, 0.4) is 0 Å². The van der Waals surface area contributed by atoms with Gasteiger partial charge in [-0.05, 0) is 211 Å². The van der Waals surface area contributed by atoms with Gasteiger partial charge in [-0.15, -0.1) is 0 Å². The van der Waals surface area contributed by atoms with E-state index < -0.39 is 5.82 Å². The van der Waals surface area contributed by atoms with Gasteiger partial charge < -0.3 is 73.3 Å². The molecule has 8 heterocycles. The number of anilines is 16. The number of halogens is 6. The molecule has 716 valence electrons. The molecule has 34 nitrogen and oxygen atoms in total. The number of hydrogen-bond acceptors (Lipinski definition) is 26. The Labute approximate surface area is 834 Å². The number of H-pyrrole nitrogens is 3. The van der Waals surface area contributed by atoms with Crippen LogP contribution in [0.5, 0.6) is 11.5 Å². The van der Waals surface area contributed by atoms with E-state index >= 15 is 4.39 Å². The molecular formula is C101H94Cl5FN28O6. The topological polar surface area (TPSA) is 438 Å². The average Bonchev–Trinajstić information content (AvgIpc) is 1.75. The molecule has 1 aliphatic rings. The Bertz CT molecular complexity index is 7410. The number of methoxy groups -OCH3 is 2. The number of hydrogen-bond donors (Lipinski definition) is 15. The van der Waals surface area contributed by atoms with Crippen LogP contribution in [0.4, 0.5) is 97.5 Å². The van der Waals surface area contributed by atoms with Crippen LogP contribution >= 0.6 is 58.0 Å². The lowest BCUT2D eigenvalue weighted by Crippen LogP contribution is -2.17. The van der Waals surface area contributed by atoms with Crippen LogP contribution in [0.2, 0.25) is 25.1 Å². The minimum Gasteiger partial charge on any atom is -0.495 e. The van der Waals surface area contributed by atoms with E-state index in [2.05, 4.69) is 139 Å². The summed E-state index contributed by atoms with van der Waals surface area (Å²) >= 11 is 31.7. The summed E-state index contributed by atoms with van der Waals surface area (Å²) in [4.78, 5) is 82.2. The first-order chi connectivity index (χ1) is 68.1. The van der Waals surface area contributed by atoms with Gasteiger partial charge >= 0.3 is 0 Å². The number of aromatic amines is 3. The highest BCUT2D eigenvalue weighted by molar-refractivity contribution is 6.35. The van der Waals surface area contributed by atoms with E-state index in [0.717, 1.165) is 108 Å². The predicted octanol–water partition coefficient (Wildman–Crippen LogP) is 22.4. The van der Waals surface area contributed by atoms with Crippen LogP contribution < -0.4 is 73.3 Å². The Morgan fingerprint density at radius 2 is 0.738 bits per heavy atom. The van der Waals surface area contributed by atoms with Crippen molar-refractivity contribution in [3.05, 3.63) is 318 Å². The molecule has 0 bridgehead atoms. The minimum absolute atomic E-state index is 0.125. The maximum Gasteiger partial charge on any atom is 0.251 e. The zero-order valence-electron chi connectivity index (χ0n) is 78.0. The second-order valence-corrected chi connectivity index (χ2v) is 34.1. The zero-order chi connectivity index (χ0) is 99.7. The summed E-state index contributed by atoms with van der Waals surface area (Å²) in [6, 6.07) is 61.2. The van der Waals surface area contributed by atoms with Gasteiger partial charge in [0.1, 0.15) is 37.4 Å². The Hall–Kier alpha value is -16.6. The monoisotopic (exact) mass is 1990 g/mol. The number of nitrogens with zero attached hydrogens (tertiary/aromatic N) is 13. The molecular weight excluding hydrogens is 1900 g/mol. The van der Waals surface area contributed by atoms with E-state index in [0.29, 0.717) is 141 Å². The molecule has 0 unspecified atom stereocenters. The molecule has 0 spiro atoms. The third-order valence-electron chi connectivity index (χ3n) is 22.1. The Morgan fingerprint density at radius 1 is 0.369 bits per heavy atom. The second kappa shape index (κ2) is 45.1. The maximum atomic E-state index is 15.0. The number of nitrogens with one attached hydrogen (secondary N) is 15. The van der Waals surface area contributed by atoms with Crippen molar-refractivity contribution in [1.29, 1.82) is 0 Å². The quantitative estimate of drug-likeness (QED) is 0.0216. The number of ether oxygens (including phenoxy) is 2. The van der Waals surface area contributed by atoms with Gasteiger partial charge in [0.15, 0.2) is 46.5 Å². The number of carbonyl (C=O) groups is 4. The molecule has 15 N–H and O–H groups in total. The molecule has 18 rings (SSSR count). The smallest absolute Gasteiger partial charge is 0.251 e. The first-order valence-corrected chi connectivity index (χ1v) is 45.7. The fourth-order valence-electron chi connectivity index (χ4n) is 14.6. The molecule has 1 fully saturated rings. The van der Waals surface area contributed by atoms with Gasteiger partial charge in [-0.25, -0.2) is 24.3 Å². The summed E-state index contributed by atoms with van der Waals surface area (Å²) in [5.41, 5.74) is 19.6. The Balaban J connectivity index is 0.000000142. The van der Waals surface area contributed by atoms with E-state index in [1.807, 2.05) is 175 Å². The average molecular weight is 1990 g/mol. The summed E-state index contributed by atoms with van der Waals surface area (Å²) in [5, 5.41) is 63.3. The fraction of sp³-hybridized carbons (Fsp3) is 0.149. The second-order valence-electron chi connectivity index (χ2n) is 32.0. The van der Waals surface area contributed by atoms with Gasteiger partial charge in [0.25, 0.3) is 23.6 Å². The normalized spacial score (nSPS) is 11.2. The molecule has 1 saturated carbocycles. The van der Waals surface area contributed by atoms with Crippen LogP contribution in [0.15, 0.2) is 231 Å². The fourth-order valence-corrected chi connectivity index (χ4v) is 15.4. The third kappa shape index (κ3) is 24.9. The van der Waals surface area contributed by atoms with Gasteiger partial charge in [-0.3, -0.25) is 39.2 Å². The summed E-state index contributed by atoms with van der Waals surface area (Å²) in [5.74, 6) is 6.00. The van der Waals surface area contributed by atoms with Crippen molar-refractivity contribution in [3.8, 4) is 67.3 Å². The van der Waals surface area contributed by atoms with Gasteiger partial charge in [-0.2, -0.15) is 40.3 Å².